The lowest BCUT2D eigenvalue weighted by Crippen LogP contribution is -2.45. The molecule has 2 atom stereocenters. The van der Waals surface area contributed by atoms with E-state index in [0.717, 1.165) is 11.1 Å². The number of para-hydroxylation sites is 2. The zero-order valence-corrected chi connectivity index (χ0v) is 12.3. The molecule has 0 saturated carbocycles. The van der Waals surface area contributed by atoms with Crippen LogP contribution in [0.3, 0.4) is 0 Å². The van der Waals surface area contributed by atoms with Crippen LogP contribution in [0.25, 0.3) is 11.1 Å². The summed E-state index contributed by atoms with van der Waals surface area (Å²) in [4.78, 5) is 4.39. The van der Waals surface area contributed by atoms with Crippen LogP contribution in [0.2, 0.25) is 0 Å². The molecule has 0 aliphatic rings. The van der Waals surface area contributed by atoms with Gasteiger partial charge in [-0.1, -0.05) is 44.7 Å². The highest BCUT2D eigenvalue weighted by Gasteiger charge is 2.30. The second kappa shape index (κ2) is 5.53. The number of hydrogen-bond acceptors (Lipinski definition) is 5. The van der Waals surface area contributed by atoms with Gasteiger partial charge in [0.15, 0.2) is 5.58 Å². The first kappa shape index (κ1) is 14.4. The summed E-state index contributed by atoms with van der Waals surface area (Å²) >= 11 is 1.40. The highest BCUT2D eigenvalue weighted by Crippen LogP contribution is 2.32. The number of hydrogen-bond donors (Lipinski definition) is 2. The summed E-state index contributed by atoms with van der Waals surface area (Å²) in [6.45, 7) is 6.19. The molecule has 19 heavy (non-hydrogen) atoms. The van der Waals surface area contributed by atoms with Gasteiger partial charge in [0.05, 0.1) is 11.9 Å². The number of benzene rings is 1. The van der Waals surface area contributed by atoms with E-state index in [9.17, 15) is 5.11 Å². The quantitative estimate of drug-likeness (QED) is 0.842. The Kier molecular flexibility index (Phi) is 4.18. The van der Waals surface area contributed by atoms with E-state index in [1.165, 1.54) is 11.8 Å². The largest absolute Gasteiger partial charge is 0.431 e. The summed E-state index contributed by atoms with van der Waals surface area (Å²) in [5, 5.41) is 9.95. The smallest absolute Gasteiger partial charge is 0.257 e. The van der Waals surface area contributed by atoms with Crippen LogP contribution >= 0.6 is 11.8 Å². The minimum atomic E-state index is -0.141. The number of aliphatic hydroxyl groups excluding tert-OH is 1. The highest BCUT2D eigenvalue weighted by atomic mass is 32.2. The lowest BCUT2D eigenvalue weighted by Gasteiger charge is -2.32. The molecule has 2 aromatic rings. The fourth-order valence-electron chi connectivity index (χ4n) is 1.81. The molecule has 5 heteroatoms. The molecular weight excluding hydrogens is 260 g/mol. The fraction of sp³-hybridized carbons (Fsp3) is 0.500. The molecule has 1 aromatic heterocycles. The van der Waals surface area contributed by atoms with E-state index in [1.54, 1.807) is 0 Å². The molecule has 4 nitrogen and oxygen atoms in total. The summed E-state index contributed by atoms with van der Waals surface area (Å²) in [5.41, 5.74) is 7.70. The summed E-state index contributed by atoms with van der Waals surface area (Å²) in [7, 11) is 0. The first-order valence-electron chi connectivity index (χ1n) is 6.30. The molecule has 0 saturated heterocycles. The molecule has 2 rings (SSSR count). The normalized spacial score (nSPS) is 15.6. The molecule has 0 aliphatic heterocycles. The number of aromatic nitrogens is 1. The second-order valence-corrected chi connectivity index (χ2v) is 6.87. The van der Waals surface area contributed by atoms with E-state index in [1.807, 2.05) is 24.3 Å². The van der Waals surface area contributed by atoms with Crippen LogP contribution in [0.4, 0.5) is 0 Å². The Bertz CT molecular complexity index is 515. The minimum Gasteiger partial charge on any atom is -0.431 e. The number of nitrogens with zero attached hydrogens (tertiary/aromatic N) is 1. The second-order valence-electron chi connectivity index (χ2n) is 5.68. The topological polar surface area (TPSA) is 72.3 Å². The standard InChI is InChI=1S/C14H20N2O2S/c1-14(2,3)12(15)11(8-17)19-13-16-9-6-4-5-7-10(9)18-13/h4-7,11-12,17H,8,15H2,1-3H3. The SMILES string of the molecule is CC(C)(C)C(N)C(CO)Sc1nc2ccccc2o1. The van der Waals surface area contributed by atoms with Crippen molar-refractivity contribution in [3.8, 4) is 0 Å². The van der Waals surface area contributed by atoms with E-state index >= 15 is 0 Å². The molecule has 0 amide bonds. The third kappa shape index (κ3) is 3.29. The monoisotopic (exact) mass is 280 g/mol. The van der Waals surface area contributed by atoms with E-state index < -0.39 is 0 Å². The molecule has 0 spiro atoms. The van der Waals surface area contributed by atoms with Crippen molar-refractivity contribution in [3.05, 3.63) is 24.3 Å². The van der Waals surface area contributed by atoms with Gasteiger partial charge in [0.25, 0.3) is 5.22 Å². The van der Waals surface area contributed by atoms with Gasteiger partial charge in [0.1, 0.15) is 5.52 Å². The van der Waals surface area contributed by atoms with Crippen LogP contribution in [0.5, 0.6) is 0 Å². The van der Waals surface area contributed by atoms with Crippen molar-refractivity contribution in [1.82, 2.24) is 4.98 Å². The van der Waals surface area contributed by atoms with Crippen molar-refractivity contribution in [1.29, 1.82) is 0 Å². The van der Waals surface area contributed by atoms with Crippen LogP contribution in [0, 0.1) is 5.41 Å². The van der Waals surface area contributed by atoms with E-state index in [0.29, 0.717) is 5.22 Å². The van der Waals surface area contributed by atoms with E-state index in [4.69, 9.17) is 10.2 Å². The van der Waals surface area contributed by atoms with Crippen molar-refractivity contribution < 1.29 is 9.52 Å². The number of rotatable bonds is 4. The molecule has 0 aliphatic carbocycles. The van der Waals surface area contributed by atoms with Gasteiger partial charge >= 0.3 is 0 Å². The molecule has 104 valence electrons. The van der Waals surface area contributed by atoms with Gasteiger partial charge in [-0.25, -0.2) is 4.98 Å². The maximum absolute atomic E-state index is 9.53. The Morgan fingerprint density at radius 3 is 2.63 bits per heavy atom. The lowest BCUT2D eigenvalue weighted by molar-refractivity contribution is 0.232. The Labute approximate surface area is 117 Å². The number of fused-ring (bicyclic) bond motifs is 1. The molecule has 0 fully saturated rings. The minimum absolute atomic E-state index is 0.00181. The lowest BCUT2D eigenvalue weighted by atomic mass is 9.85. The fourth-order valence-corrected chi connectivity index (χ4v) is 2.99. The Balaban J connectivity index is 2.18. The average molecular weight is 280 g/mol. The Morgan fingerprint density at radius 2 is 2.05 bits per heavy atom. The Hall–Kier alpha value is -1.04. The molecule has 3 N–H and O–H groups in total. The number of oxazole rings is 1. The van der Waals surface area contributed by atoms with Crippen LogP contribution in [0.15, 0.2) is 33.9 Å². The van der Waals surface area contributed by atoms with Crippen molar-refractivity contribution in [2.75, 3.05) is 6.61 Å². The predicted molar refractivity (Wildman–Crippen MR) is 78.2 cm³/mol. The third-order valence-electron chi connectivity index (χ3n) is 3.11. The zero-order valence-electron chi connectivity index (χ0n) is 11.5. The van der Waals surface area contributed by atoms with Crippen molar-refractivity contribution >= 4 is 22.9 Å². The summed E-state index contributed by atoms with van der Waals surface area (Å²) in [6, 6.07) is 7.47. The van der Waals surface area contributed by atoms with Gasteiger partial charge in [0.2, 0.25) is 0 Å². The van der Waals surface area contributed by atoms with Crippen LogP contribution < -0.4 is 5.73 Å². The maximum atomic E-state index is 9.53. The molecule has 1 heterocycles. The predicted octanol–water partition coefficient (Wildman–Crippen LogP) is 2.65. The summed E-state index contributed by atoms with van der Waals surface area (Å²) in [5.74, 6) is 0. The maximum Gasteiger partial charge on any atom is 0.257 e. The molecule has 0 bridgehead atoms. The first-order chi connectivity index (χ1) is 8.91. The van der Waals surface area contributed by atoms with Crippen LogP contribution in [-0.2, 0) is 0 Å². The van der Waals surface area contributed by atoms with Crippen LogP contribution in [0.1, 0.15) is 20.8 Å². The van der Waals surface area contributed by atoms with Crippen LogP contribution in [-0.4, -0.2) is 28.0 Å². The van der Waals surface area contributed by atoms with E-state index in [2.05, 4.69) is 25.8 Å². The first-order valence-corrected chi connectivity index (χ1v) is 7.18. The van der Waals surface area contributed by atoms with Gasteiger partial charge in [-0.05, 0) is 17.5 Å². The average Bonchev–Trinajstić information content (AvgIpc) is 2.76. The Morgan fingerprint density at radius 1 is 1.37 bits per heavy atom. The van der Waals surface area contributed by atoms with Gasteiger partial charge in [-0.3, -0.25) is 0 Å². The highest BCUT2D eigenvalue weighted by molar-refractivity contribution is 7.99. The van der Waals surface area contributed by atoms with E-state index in [-0.39, 0.29) is 23.3 Å². The molecule has 2 unspecified atom stereocenters. The zero-order chi connectivity index (χ0) is 14.0. The number of thioether (sulfide) groups is 1. The summed E-state index contributed by atoms with van der Waals surface area (Å²) < 4.78 is 5.65. The third-order valence-corrected chi connectivity index (χ3v) is 4.23. The van der Waals surface area contributed by atoms with Gasteiger partial charge in [0, 0.05) is 6.04 Å². The summed E-state index contributed by atoms with van der Waals surface area (Å²) in [6.07, 6.45) is 0. The van der Waals surface area contributed by atoms with Gasteiger partial charge < -0.3 is 15.3 Å². The number of nitrogens with two attached hydrogens (primary N) is 1. The van der Waals surface area contributed by atoms with Crippen molar-refractivity contribution in [2.45, 2.75) is 37.3 Å². The van der Waals surface area contributed by atoms with Gasteiger partial charge in [-0.2, -0.15) is 0 Å². The van der Waals surface area contributed by atoms with Crippen molar-refractivity contribution in [3.63, 3.8) is 0 Å². The molecular formula is C14H20N2O2S. The molecule has 1 aromatic carbocycles. The van der Waals surface area contributed by atoms with Crippen molar-refractivity contribution in [2.24, 2.45) is 11.1 Å². The molecule has 0 radical (unpaired) electrons. The van der Waals surface area contributed by atoms with Gasteiger partial charge in [-0.15, -0.1) is 0 Å². The number of aliphatic hydroxyl groups is 1.